The first kappa shape index (κ1) is 16.6. The van der Waals surface area contributed by atoms with Crippen molar-refractivity contribution in [2.75, 3.05) is 26.3 Å². The van der Waals surface area contributed by atoms with Gasteiger partial charge in [0.2, 0.25) is 15.9 Å². The third kappa shape index (κ3) is 4.35. The van der Waals surface area contributed by atoms with E-state index in [2.05, 4.69) is 10.0 Å². The summed E-state index contributed by atoms with van der Waals surface area (Å²) in [5.74, 6) is 0.563. The largest absolute Gasteiger partial charge is 0.490 e. The van der Waals surface area contributed by atoms with Crippen LogP contribution in [0.5, 0.6) is 11.5 Å². The highest BCUT2D eigenvalue weighted by molar-refractivity contribution is 7.89. The Morgan fingerprint density at radius 3 is 2.68 bits per heavy atom. The zero-order valence-electron chi connectivity index (χ0n) is 12.4. The summed E-state index contributed by atoms with van der Waals surface area (Å²) in [6, 6.07) is 4.40. The van der Waals surface area contributed by atoms with Gasteiger partial charge in [0.15, 0.2) is 11.5 Å². The standard InChI is InChI=1S/C14H20N2O5S/c1-2-6-15-14(17)10-16-22(18,19)11-4-5-12-13(9-11)21-8-3-7-20-12/h4-5,9,16H,2-3,6-8,10H2,1H3,(H,15,17). The molecule has 1 aliphatic rings. The van der Waals surface area contributed by atoms with E-state index >= 15 is 0 Å². The van der Waals surface area contributed by atoms with Gasteiger partial charge < -0.3 is 14.8 Å². The van der Waals surface area contributed by atoms with Gasteiger partial charge in [-0.05, 0) is 18.6 Å². The molecule has 0 radical (unpaired) electrons. The van der Waals surface area contributed by atoms with Gasteiger partial charge >= 0.3 is 0 Å². The van der Waals surface area contributed by atoms with Crippen LogP contribution >= 0.6 is 0 Å². The van der Waals surface area contributed by atoms with E-state index in [4.69, 9.17) is 9.47 Å². The number of ether oxygens (including phenoxy) is 2. The number of sulfonamides is 1. The average molecular weight is 328 g/mol. The van der Waals surface area contributed by atoms with E-state index in [1.165, 1.54) is 12.1 Å². The Bertz CT molecular complexity index is 630. The minimum atomic E-state index is -3.77. The lowest BCUT2D eigenvalue weighted by Crippen LogP contribution is -2.37. The Morgan fingerprint density at radius 2 is 1.95 bits per heavy atom. The molecular weight excluding hydrogens is 308 g/mol. The Labute approximate surface area is 130 Å². The van der Waals surface area contributed by atoms with Gasteiger partial charge in [-0.3, -0.25) is 4.79 Å². The minimum absolute atomic E-state index is 0.0417. The van der Waals surface area contributed by atoms with Crippen LogP contribution in [0.15, 0.2) is 23.1 Å². The van der Waals surface area contributed by atoms with Gasteiger partial charge in [0.1, 0.15) is 0 Å². The van der Waals surface area contributed by atoms with Crippen molar-refractivity contribution < 1.29 is 22.7 Å². The van der Waals surface area contributed by atoms with Crippen LogP contribution in [0.4, 0.5) is 0 Å². The van der Waals surface area contributed by atoms with Crippen LogP contribution < -0.4 is 19.5 Å². The van der Waals surface area contributed by atoms with E-state index in [9.17, 15) is 13.2 Å². The van der Waals surface area contributed by atoms with Crippen LogP contribution in [0, 0.1) is 0 Å². The number of carbonyl (C=O) groups is 1. The average Bonchev–Trinajstić information content (AvgIpc) is 2.75. The van der Waals surface area contributed by atoms with Gasteiger partial charge in [0.25, 0.3) is 0 Å². The second-order valence-corrected chi connectivity index (χ2v) is 6.60. The number of hydrogen-bond acceptors (Lipinski definition) is 5. The lowest BCUT2D eigenvalue weighted by Gasteiger charge is -2.11. The molecule has 0 saturated heterocycles. The molecule has 0 unspecified atom stereocenters. The highest BCUT2D eigenvalue weighted by atomic mass is 32.2. The molecule has 1 amide bonds. The lowest BCUT2D eigenvalue weighted by molar-refractivity contribution is -0.119. The maximum absolute atomic E-state index is 12.2. The monoisotopic (exact) mass is 328 g/mol. The second-order valence-electron chi connectivity index (χ2n) is 4.83. The minimum Gasteiger partial charge on any atom is -0.490 e. The number of fused-ring (bicyclic) bond motifs is 1. The van der Waals surface area contributed by atoms with Crippen LogP contribution in [-0.4, -0.2) is 40.6 Å². The Morgan fingerprint density at radius 1 is 1.23 bits per heavy atom. The summed E-state index contributed by atoms with van der Waals surface area (Å²) in [4.78, 5) is 11.5. The molecule has 8 heteroatoms. The molecule has 0 saturated carbocycles. The highest BCUT2D eigenvalue weighted by Crippen LogP contribution is 2.31. The summed E-state index contributed by atoms with van der Waals surface area (Å²) in [5, 5.41) is 2.60. The zero-order chi connectivity index (χ0) is 16.0. The van der Waals surface area contributed by atoms with Crippen LogP contribution in [0.2, 0.25) is 0 Å². The number of nitrogens with one attached hydrogen (secondary N) is 2. The van der Waals surface area contributed by atoms with Gasteiger partial charge in [-0.1, -0.05) is 6.92 Å². The fraction of sp³-hybridized carbons (Fsp3) is 0.500. The molecule has 7 nitrogen and oxygen atoms in total. The van der Waals surface area contributed by atoms with E-state index in [-0.39, 0.29) is 17.3 Å². The maximum Gasteiger partial charge on any atom is 0.241 e. The number of benzene rings is 1. The molecule has 1 aliphatic heterocycles. The van der Waals surface area contributed by atoms with Gasteiger partial charge in [-0.25, -0.2) is 13.1 Å². The zero-order valence-corrected chi connectivity index (χ0v) is 13.2. The van der Waals surface area contributed by atoms with Crippen LogP contribution in [0.25, 0.3) is 0 Å². The van der Waals surface area contributed by atoms with Crippen molar-refractivity contribution in [1.82, 2.24) is 10.0 Å². The molecule has 1 aromatic carbocycles. The summed E-state index contributed by atoms with van der Waals surface area (Å²) < 4.78 is 37.6. The summed E-state index contributed by atoms with van der Waals surface area (Å²) in [5.41, 5.74) is 0. The summed E-state index contributed by atoms with van der Waals surface area (Å²) in [6.07, 6.45) is 1.53. The predicted octanol–water partition coefficient (Wildman–Crippen LogP) is 0.652. The first-order valence-corrected chi connectivity index (χ1v) is 8.67. The molecule has 0 aromatic heterocycles. The van der Waals surface area contributed by atoms with Gasteiger partial charge in [0, 0.05) is 19.0 Å². The SMILES string of the molecule is CCCNC(=O)CNS(=O)(=O)c1ccc2c(c1)OCCCO2. The van der Waals surface area contributed by atoms with Crippen molar-refractivity contribution >= 4 is 15.9 Å². The van der Waals surface area contributed by atoms with E-state index in [1.54, 1.807) is 6.07 Å². The molecule has 1 aromatic rings. The third-order valence-electron chi connectivity index (χ3n) is 3.02. The number of carbonyl (C=O) groups excluding carboxylic acids is 1. The molecular formula is C14H20N2O5S. The fourth-order valence-electron chi connectivity index (χ4n) is 1.88. The molecule has 0 fully saturated rings. The van der Waals surface area contributed by atoms with E-state index in [0.29, 0.717) is 31.3 Å². The molecule has 0 atom stereocenters. The second kappa shape index (κ2) is 7.46. The van der Waals surface area contributed by atoms with Gasteiger partial charge in [0.05, 0.1) is 24.7 Å². The van der Waals surface area contributed by atoms with Crippen LogP contribution in [0.3, 0.4) is 0 Å². The summed E-state index contributed by atoms with van der Waals surface area (Å²) >= 11 is 0. The van der Waals surface area contributed by atoms with Crippen molar-refractivity contribution in [3.63, 3.8) is 0 Å². The number of amides is 1. The van der Waals surface area contributed by atoms with Crippen molar-refractivity contribution in [3.8, 4) is 11.5 Å². The first-order chi connectivity index (χ1) is 10.5. The Kier molecular flexibility index (Phi) is 5.62. The Hall–Kier alpha value is -1.80. The molecule has 2 N–H and O–H groups in total. The molecule has 122 valence electrons. The number of rotatable bonds is 6. The summed E-state index contributed by atoms with van der Waals surface area (Å²) in [7, 11) is -3.77. The molecule has 0 aliphatic carbocycles. The normalized spacial score (nSPS) is 14.2. The molecule has 2 rings (SSSR count). The van der Waals surface area contributed by atoms with Crippen molar-refractivity contribution in [1.29, 1.82) is 0 Å². The van der Waals surface area contributed by atoms with Crippen molar-refractivity contribution in [2.45, 2.75) is 24.7 Å². The quantitative estimate of drug-likeness (QED) is 0.800. The summed E-state index contributed by atoms with van der Waals surface area (Å²) in [6.45, 7) is 3.15. The van der Waals surface area contributed by atoms with Gasteiger partial charge in [-0.15, -0.1) is 0 Å². The lowest BCUT2D eigenvalue weighted by atomic mass is 10.3. The van der Waals surface area contributed by atoms with E-state index < -0.39 is 10.0 Å². The number of hydrogen-bond donors (Lipinski definition) is 2. The third-order valence-corrected chi connectivity index (χ3v) is 4.42. The van der Waals surface area contributed by atoms with E-state index in [1.807, 2.05) is 6.92 Å². The molecule has 22 heavy (non-hydrogen) atoms. The molecule has 0 spiro atoms. The molecule has 0 bridgehead atoms. The fourth-order valence-corrected chi connectivity index (χ4v) is 2.88. The van der Waals surface area contributed by atoms with Crippen molar-refractivity contribution in [3.05, 3.63) is 18.2 Å². The van der Waals surface area contributed by atoms with Crippen LogP contribution in [0.1, 0.15) is 19.8 Å². The molecule has 1 heterocycles. The highest BCUT2D eigenvalue weighted by Gasteiger charge is 2.19. The Balaban J connectivity index is 2.06. The topological polar surface area (TPSA) is 93.7 Å². The van der Waals surface area contributed by atoms with E-state index in [0.717, 1.165) is 12.8 Å². The van der Waals surface area contributed by atoms with Crippen molar-refractivity contribution in [2.24, 2.45) is 0 Å². The van der Waals surface area contributed by atoms with Crippen LogP contribution in [-0.2, 0) is 14.8 Å². The maximum atomic E-state index is 12.2. The predicted molar refractivity (Wildman–Crippen MR) is 80.5 cm³/mol. The smallest absolute Gasteiger partial charge is 0.241 e. The first-order valence-electron chi connectivity index (χ1n) is 7.19. The van der Waals surface area contributed by atoms with Gasteiger partial charge in [-0.2, -0.15) is 0 Å².